The van der Waals surface area contributed by atoms with Crippen molar-refractivity contribution in [2.75, 3.05) is 18.9 Å². The van der Waals surface area contributed by atoms with Crippen molar-refractivity contribution in [1.82, 2.24) is 4.90 Å². The Bertz CT molecular complexity index is 474. The second-order valence-corrected chi connectivity index (χ2v) is 5.66. The van der Waals surface area contributed by atoms with E-state index in [1.165, 1.54) is 31.4 Å². The Balaban J connectivity index is 1.80. The fourth-order valence-electron chi connectivity index (χ4n) is 2.80. The summed E-state index contributed by atoms with van der Waals surface area (Å²) >= 11 is 0. The Morgan fingerprint density at radius 1 is 1.27 bits per heavy atom. The van der Waals surface area contributed by atoms with Gasteiger partial charge in [0.1, 0.15) is 5.75 Å². The largest absolute Gasteiger partial charge is 0.435 e. The van der Waals surface area contributed by atoms with E-state index in [0.717, 1.165) is 12.8 Å². The molecule has 0 aliphatic heterocycles. The third-order valence-electron chi connectivity index (χ3n) is 3.95. The molecule has 1 amide bonds. The van der Waals surface area contributed by atoms with Gasteiger partial charge < -0.3 is 10.1 Å². The maximum absolute atomic E-state index is 12.1. The second-order valence-electron chi connectivity index (χ2n) is 5.66. The highest BCUT2D eigenvalue weighted by molar-refractivity contribution is 5.92. The van der Waals surface area contributed by atoms with Gasteiger partial charge in [-0.15, -0.1) is 0 Å². The number of likely N-dealkylation sites (N-methyl/N-ethyl adjacent to an activating group) is 1. The Kier molecular flexibility index (Phi) is 6.12. The molecule has 1 aromatic carbocycles. The molecule has 1 aliphatic rings. The molecule has 0 unspecified atom stereocenters. The van der Waals surface area contributed by atoms with Crippen molar-refractivity contribution in [3.05, 3.63) is 24.3 Å². The van der Waals surface area contributed by atoms with Gasteiger partial charge in [-0.05, 0) is 44.2 Å². The summed E-state index contributed by atoms with van der Waals surface area (Å²) in [6, 6.07) is 6.40. The van der Waals surface area contributed by atoms with Crippen LogP contribution in [0.4, 0.5) is 14.5 Å². The number of carbonyl (C=O) groups excluding carboxylic acids is 1. The molecule has 0 bridgehead atoms. The van der Waals surface area contributed by atoms with Crippen molar-refractivity contribution in [2.24, 2.45) is 0 Å². The van der Waals surface area contributed by atoms with Gasteiger partial charge in [0.2, 0.25) is 5.91 Å². The number of nitrogens with one attached hydrogen (secondary N) is 1. The highest BCUT2D eigenvalue weighted by Crippen LogP contribution is 2.22. The second kappa shape index (κ2) is 8.08. The molecule has 6 heteroatoms. The predicted molar refractivity (Wildman–Crippen MR) is 81.2 cm³/mol. The molecule has 0 spiro atoms. The molecule has 0 atom stereocenters. The number of hydrogen-bond donors (Lipinski definition) is 1. The van der Waals surface area contributed by atoms with Gasteiger partial charge in [-0.25, -0.2) is 0 Å². The lowest BCUT2D eigenvalue weighted by molar-refractivity contribution is -0.117. The maximum Gasteiger partial charge on any atom is 0.387 e. The number of ether oxygens (including phenoxy) is 1. The van der Waals surface area contributed by atoms with E-state index >= 15 is 0 Å². The number of nitrogens with zero attached hydrogens (tertiary/aromatic N) is 1. The van der Waals surface area contributed by atoms with Crippen molar-refractivity contribution in [1.29, 1.82) is 0 Å². The quantitative estimate of drug-likeness (QED) is 0.874. The van der Waals surface area contributed by atoms with Gasteiger partial charge in [0.05, 0.1) is 6.54 Å². The molecular weight excluding hydrogens is 290 g/mol. The van der Waals surface area contributed by atoms with Crippen LogP contribution in [-0.2, 0) is 4.79 Å². The van der Waals surface area contributed by atoms with Crippen molar-refractivity contribution in [3.63, 3.8) is 0 Å². The van der Waals surface area contributed by atoms with E-state index in [-0.39, 0.29) is 11.7 Å². The average Bonchev–Trinajstić information content (AvgIpc) is 2.49. The zero-order valence-electron chi connectivity index (χ0n) is 12.7. The van der Waals surface area contributed by atoms with Crippen molar-refractivity contribution in [2.45, 2.75) is 44.8 Å². The van der Waals surface area contributed by atoms with Gasteiger partial charge in [-0.2, -0.15) is 8.78 Å². The fraction of sp³-hybridized carbons (Fsp3) is 0.562. The molecule has 1 aliphatic carbocycles. The highest BCUT2D eigenvalue weighted by atomic mass is 19.3. The Labute approximate surface area is 129 Å². The summed E-state index contributed by atoms with van der Waals surface area (Å²) in [6.07, 6.45) is 6.01. The van der Waals surface area contributed by atoms with Crippen LogP contribution in [0.2, 0.25) is 0 Å². The first-order chi connectivity index (χ1) is 10.5. The topological polar surface area (TPSA) is 41.6 Å². The van der Waals surface area contributed by atoms with Crippen LogP contribution in [0.3, 0.4) is 0 Å². The predicted octanol–water partition coefficient (Wildman–Crippen LogP) is 3.49. The van der Waals surface area contributed by atoms with E-state index in [2.05, 4.69) is 15.0 Å². The van der Waals surface area contributed by atoms with Crippen LogP contribution in [0.15, 0.2) is 24.3 Å². The molecule has 0 radical (unpaired) electrons. The Morgan fingerprint density at radius 3 is 2.50 bits per heavy atom. The third-order valence-corrected chi connectivity index (χ3v) is 3.95. The fourth-order valence-corrected chi connectivity index (χ4v) is 2.80. The van der Waals surface area contributed by atoms with Crippen LogP contribution in [-0.4, -0.2) is 37.1 Å². The zero-order valence-corrected chi connectivity index (χ0v) is 12.7. The summed E-state index contributed by atoms with van der Waals surface area (Å²) in [5.74, 6) is -0.0251. The molecule has 0 saturated heterocycles. The lowest BCUT2D eigenvalue weighted by Crippen LogP contribution is -2.39. The summed E-state index contributed by atoms with van der Waals surface area (Å²) in [6.45, 7) is -2.51. The summed E-state index contributed by atoms with van der Waals surface area (Å²) in [5, 5.41) is 2.77. The van der Waals surface area contributed by atoms with Crippen LogP contribution in [0.1, 0.15) is 32.1 Å². The Morgan fingerprint density at radius 2 is 1.91 bits per heavy atom. The number of carbonyl (C=O) groups is 1. The zero-order chi connectivity index (χ0) is 15.9. The summed E-state index contributed by atoms with van der Waals surface area (Å²) < 4.78 is 28.4. The van der Waals surface area contributed by atoms with Crippen LogP contribution < -0.4 is 10.1 Å². The molecule has 0 aromatic heterocycles. The van der Waals surface area contributed by atoms with Gasteiger partial charge in [0, 0.05) is 11.7 Å². The first kappa shape index (κ1) is 16.7. The maximum atomic E-state index is 12.1. The van der Waals surface area contributed by atoms with Gasteiger partial charge in [-0.1, -0.05) is 19.3 Å². The van der Waals surface area contributed by atoms with E-state index in [1.807, 2.05) is 7.05 Å². The number of rotatable bonds is 6. The van der Waals surface area contributed by atoms with E-state index in [0.29, 0.717) is 18.3 Å². The number of halogens is 2. The molecular formula is C16H22F2N2O2. The molecule has 1 N–H and O–H groups in total. The van der Waals surface area contributed by atoms with E-state index in [4.69, 9.17) is 0 Å². The van der Waals surface area contributed by atoms with Crippen LogP contribution in [0.5, 0.6) is 5.75 Å². The molecule has 22 heavy (non-hydrogen) atoms. The number of benzene rings is 1. The molecule has 0 heterocycles. The molecule has 122 valence electrons. The minimum atomic E-state index is -2.84. The monoisotopic (exact) mass is 312 g/mol. The van der Waals surface area contributed by atoms with Gasteiger partial charge >= 0.3 is 6.61 Å². The molecule has 1 saturated carbocycles. The third kappa shape index (κ3) is 5.26. The van der Waals surface area contributed by atoms with E-state index in [9.17, 15) is 13.6 Å². The van der Waals surface area contributed by atoms with E-state index < -0.39 is 6.61 Å². The number of anilines is 1. The Hall–Kier alpha value is -1.69. The van der Waals surface area contributed by atoms with Crippen LogP contribution in [0.25, 0.3) is 0 Å². The summed E-state index contributed by atoms with van der Waals surface area (Å²) in [5.41, 5.74) is 0.573. The minimum absolute atomic E-state index is 0.0762. The standard InChI is InChI=1S/C16H22F2N2O2/c1-20(13-5-3-2-4-6-13)11-15(21)19-12-7-9-14(10-8-12)22-16(17)18/h7-10,13,16H,2-6,11H2,1H3,(H,19,21). The molecule has 1 aromatic rings. The van der Waals surface area contributed by atoms with Crippen molar-refractivity contribution in [3.8, 4) is 5.75 Å². The highest BCUT2D eigenvalue weighted by Gasteiger charge is 2.19. The van der Waals surface area contributed by atoms with Crippen molar-refractivity contribution >= 4 is 11.6 Å². The normalized spacial score (nSPS) is 16.0. The lowest BCUT2D eigenvalue weighted by atomic mass is 9.94. The number of amides is 1. The van der Waals surface area contributed by atoms with Gasteiger partial charge in [0.15, 0.2) is 0 Å². The molecule has 4 nitrogen and oxygen atoms in total. The average molecular weight is 312 g/mol. The lowest BCUT2D eigenvalue weighted by Gasteiger charge is -2.30. The van der Waals surface area contributed by atoms with Gasteiger partial charge in [0.25, 0.3) is 0 Å². The van der Waals surface area contributed by atoms with Gasteiger partial charge in [-0.3, -0.25) is 9.69 Å². The molecule has 1 fully saturated rings. The van der Waals surface area contributed by atoms with Crippen LogP contribution in [0, 0.1) is 0 Å². The number of hydrogen-bond acceptors (Lipinski definition) is 3. The SMILES string of the molecule is CN(CC(=O)Nc1ccc(OC(F)F)cc1)C1CCCCC1. The number of alkyl halides is 2. The van der Waals surface area contributed by atoms with Crippen LogP contribution >= 0.6 is 0 Å². The smallest absolute Gasteiger partial charge is 0.387 e. The van der Waals surface area contributed by atoms with E-state index in [1.54, 1.807) is 12.1 Å². The first-order valence-electron chi connectivity index (χ1n) is 7.59. The summed E-state index contributed by atoms with van der Waals surface area (Å²) in [7, 11) is 1.97. The molecule has 2 rings (SSSR count). The minimum Gasteiger partial charge on any atom is -0.435 e. The van der Waals surface area contributed by atoms with Crippen molar-refractivity contribution < 1.29 is 18.3 Å². The summed E-state index contributed by atoms with van der Waals surface area (Å²) in [4.78, 5) is 14.1. The first-order valence-corrected chi connectivity index (χ1v) is 7.59.